The zero-order valence-corrected chi connectivity index (χ0v) is 39.4. The van der Waals surface area contributed by atoms with Crippen LogP contribution < -0.4 is 0 Å². The molecule has 0 bridgehead atoms. The summed E-state index contributed by atoms with van der Waals surface area (Å²) in [4.78, 5) is 10.4. The summed E-state index contributed by atoms with van der Waals surface area (Å²) in [5, 5.41) is 7.86. The lowest BCUT2D eigenvalue weighted by Crippen LogP contribution is -1.95. The average molecular weight is 931 g/mol. The molecule has 0 aliphatic rings. The molecule has 5 heteroatoms. The normalized spacial score (nSPS) is 11.8. The largest absolute Gasteiger partial charge is 0.456 e. The quantitative estimate of drug-likeness (QED) is 0.160. The second-order valence-corrected chi connectivity index (χ2v) is 18.9. The highest BCUT2D eigenvalue weighted by Crippen LogP contribution is 2.43. The van der Waals surface area contributed by atoms with E-state index in [0.29, 0.717) is 5.82 Å². The van der Waals surface area contributed by atoms with Crippen molar-refractivity contribution >= 4 is 76.5 Å². The molecule has 0 saturated heterocycles. The summed E-state index contributed by atoms with van der Waals surface area (Å²) in [5.74, 6) is 0.667. The second-order valence-electron chi connectivity index (χ2n) is 18.9. The monoisotopic (exact) mass is 930 g/mol. The van der Waals surface area contributed by atoms with Crippen molar-refractivity contribution in [1.29, 1.82) is 0 Å². The number of fused-ring (bicyclic) bond motifs is 10. The van der Waals surface area contributed by atoms with Gasteiger partial charge in [0.1, 0.15) is 11.2 Å². The number of benzene rings is 11. The Kier molecular flexibility index (Phi) is 9.19. The summed E-state index contributed by atoms with van der Waals surface area (Å²) in [5.41, 5.74) is 19.3. The lowest BCUT2D eigenvalue weighted by atomic mass is 9.97. The predicted molar refractivity (Wildman–Crippen MR) is 303 cm³/mol. The highest BCUT2D eigenvalue weighted by Gasteiger charge is 2.21. The summed E-state index contributed by atoms with van der Waals surface area (Å²) in [6.07, 6.45) is 0. The summed E-state index contributed by atoms with van der Waals surface area (Å²) in [6.45, 7) is 0. The summed E-state index contributed by atoms with van der Waals surface area (Å²) < 4.78 is 11.4. The first-order valence-corrected chi connectivity index (χ1v) is 24.8. The van der Waals surface area contributed by atoms with Crippen LogP contribution in [0.2, 0.25) is 0 Å². The Morgan fingerprint density at radius 2 is 0.726 bits per heavy atom. The second kappa shape index (κ2) is 16.4. The molecular weight excluding hydrogens is 889 g/mol. The van der Waals surface area contributed by atoms with Gasteiger partial charge in [0.25, 0.3) is 0 Å². The summed E-state index contributed by atoms with van der Waals surface area (Å²) in [6, 6.07) is 91.2. The Labute approximate surface area is 420 Å². The fourth-order valence-electron chi connectivity index (χ4n) is 11.3. The summed E-state index contributed by atoms with van der Waals surface area (Å²) >= 11 is 0. The fraction of sp³-hybridized carbons (Fsp3) is 0. The van der Waals surface area contributed by atoms with Crippen LogP contribution in [0.3, 0.4) is 0 Å². The van der Waals surface area contributed by atoms with Crippen LogP contribution in [-0.2, 0) is 0 Å². The third-order valence-electron chi connectivity index (χ3n) is 14.7. The van der Waals surface area contributed by atoms with E-state index < -0.39 is 0 Å². The Balaban J connectivity index is 0.898. The first-order valence-electron chi connectivity index (χ1n) is 24.8. The van der Waals surface area contributed by atoms with Crippen LogP contribution in [0.25, 0.3) is 144 Å². The molecule has 0 spiro atoms. The first kappa shape index (κ1) is 41.0. The molecule has 0 unspecified atom stereocenters. The molecule has 0 amide bonds. The maximum atomic E-state index is 6.58. The van der Waals surface area contributed by atoms with Gasteiger partial charge in [-0.3, -0.25) is 0 Å². The van der Waals surface area contributed by atoms with E-state index in [2.05, 4.69) is 234 Å². The molecular formula is C68H42N4O. The Bertz CT molecular complexity index is 4650. The molecule has 4 aromatic heterocycles. The minimum absolute atomic E-state index is 0.667. The lowest BCUT2D eigenvalue weighted by Gasteiger charge is -2.10. The van der Waals surface area contributed by atoms with E-state index in [0.717, 1.165) is 88.8 Å². The van der Waals surface area contributed by atoms with Crippen molar-refractivity contribution in [2.45, 2.75) is 0 Å². The van der Waals surface area contributed by atoms with Crippen molar-refractivity contribution in [3.8, 4) is 67.4 Å². The summed E-state index contributed by atoms with van der Waals surface area (Å²) in [7, 11) is 0. The molecule has 15 aromatic rings. The molecule has 0 radical (unpaired) electrons. The topological polar surface area (TPSA) is 48.8 Å². The van der Waals surface area contributed by atoms with Gasteiger partial charge in [-0.25, -0.2) is 9.97 Å². The smallest absolute Gasteiger partial charge is 0.161 e. The SMILES string of the molecule is c1ccc(-c2ccc3c(c2)c2cc(-c4ccc5c(c4)c4cc(-c6ccc7oc8cccc(-c9nc(-c%10ccccc%10)c%10ccccc%10n9)c8c7c6)ccc4n5-c4ccccc4)ccc2n3-c2ccccc2)cc1. The van der Waals surface area contributed by atoms with Gasteiger partial charge in [-0.1, -0.05) is 158 Å². The number of para-hydroxylation sites is 3. The van der Waals surface area contributed by atoms with E-state index in [1.54, 1.807) is 0 Å². The number of aromatic nitrogens is 4. The van der Waals surface area contributed by atoms with Gasteiger partial charge in [-0.05, 0) is 130 Å². The van der Waals surface area contributed by atoms with Crippen molar-refractivity contribution in [2.24, 2.45) is 0 Å². The number of furan rings is 1. The van der Waals surface area contributed by atoms with Crippen LogP contribution >= 0.6 is 0 Å². The van der Waals surface area contributed by atoms with Crippen molar-refractivity contribution in [3.63, 3.8) is 0 Å². The minimum atomic E-state index is 0.667. The molecule has 4 heterocycles. The number of hydrogen-bond acceptors (Lipinski definition) is 3. The van der Waals surface area contributed by atoms with Gasteiger partial charge in [-0.15, -0.1) is 0 Å². The van der Waals surface area contributed by atoms with E-state index in [-0.39, 0.29) is 0 Å². The molecule has 0 N–H and O–H groups in total. The van der Waals surface area contributed by atoms with Gasteiger partial charge in [0.15, 0.2) is 5.82 Å². The molecule has 5 nitrogen and oxygen atoms in total. The maximum absolute atomic E-state index is 6.58. The highest BCUT2D eigenvalue weighted by atomic mass is 16.3. The Morgan fingerprint density at radius 1 is 0.288 bits per heavy atom. The van der Waals surface area contributed by atoms with Gasteiger partial charge in [0, 0.05) is 60.2 Å². The molecule has 11 aromatic carbocycles. The van der Waals surface area contributed by atoms with Crippen LogP contribution in [0.1, 0.15) is 0 Å². The zero-order valence-electron chi connectivity index (χ0n) is 39.4. The molecule has 73 heavy (non-hydrogen) atoms. The van der Waals surface area contributed by atoms with Crippen LogP contribution in [0.5, 0.6) is 0 Å². The number of nitrogens with zero attached hydrogens (tertiary/aromatic N) is 4. The van der Waals surface area contributed by atoms with Gasteiger partial charge < -0.3 is 13.6 Å². The molecule has 340 valence electrons. The van der Waals surface area contributed by atoms with E-state index >= 15 is 0 Å². The third-order valence-corrected chi connectivity index (χ3v) is 14.7. The van der Waals surface area contributed by atoms with E-state index in [4.69, 9.17) is 14.4 Å². The Morgan fingerprint density at radius 3 is 1.26 bits per heavy atom. The van der Waals surface area contributed by atoms with Crippen molar-refractivity contribution < 1.29 is 4.42 Å². The average Bonchev–Trinajstić information content (AvgIpc) is 4.12. The van der Waals surface area contributed by atoms with Crippen LogP contribution in [-0.4, -0.2) is 19.1 Å². The van der Waals surface area contributed by atoms with Crippen molar-refractivity contribution in [1.82, 2.24) is 19.1 Å². The van der Waals surface area contributed by atoms with Crippen molar-refractivity contribution in [3.05, 3.63) is 255 Å². The van der Waals surface area contributed by atoms with Gasteiger partial charge in [0.2, 0.25) is 0 Å². The van der Waals surface area contributed by atoms with E-state index in [1.165, 1.54) is 49.3 Å². The van der Waals surface area contributed by atoms with E-state index in [1.807, 2.05) is 30.3 Å². The zero-order chi connectivity index (χ0) is 48.0. The van der Waals surface area contributed by atoms with Gasteiger partial charge >= 0.3 is 0 Å². The van der Waals surface area contributed by atoms with Crippen molar-refractivity contribution in [2.75, 3.05) is 0 Å². The van der Waals surface area contributed by atoms with Gasteiger partial charge in [0.05, 0.1) is 33.3 Å². The predicted octanol–water partition coefficient (Wildman–Crippen LogP) is 18.1. The molecule has 0 aliphatic carbocycles. The molecule has 0 atom stereocenters. The molecule has 0 fully saturated rings. The molecule has 15 rings (SSSR count). The highest BCUT2D eigenvalue weighted by molar-refractivity contribution is 6.16. The van der Waals surface area contributed by atoms with E-state index in [9.17, 15) is 0 Å². The number of hydrogen-bond donors (Lipinski definition) is 0. The third kappa shape index (κ3) is 6.63. The van der Waals surface area contributed by atoms with Crippen LogP contribution in [0.15, 0.2) is 259 Å². The minimum Gasteiger partial charge on any atom is -0.456 e. The molecule has 0 aliphatic heterocycles. The van der Waals surface area contributed by atoms with Gasteiger partial charge in [-0.2, -0.15) is 0 Å². The maximum Gasteiger partial charge on any atom is 0.161 e. The number of rotatable bonds is 7. The fourth-order valence-corrected chi connectivity index (χ4v) is 11.3. The Hall–Kier alpha value is -9.84. The van der Waals surface area contributed by atoms with Crippen LogP contribution in [0, 0.1) is 0 Å². The first-order chi connectivity index (χ1) is 36.2. The standard InChI is InChI=1S/C68H42N4O/c1-5-16-43(17-6-1)45-28-33-60-54(38-45)55-39-46(29-34-61(55)71(60)50-20-9-3-10-21-50)47-30-35-62-56(40-47)57-41-48(31-36-63(57)72(62)51-22-11-4-12-23-51)49-32-37-64-58(42-49)66-53(25-15-27-65(66)73-64)68-69-59-26-14-13-24-52(59)67(70-68)44-18-7-2-8-19-44/h1-42H. The molecule has 0 saturated carbocycles. The van der Waals surface area contributed by atoms with Crippen LogP contribution in [0.4, 0.5) is 0 Å². The lowest BCUT2D eigenvalue weighted by molar-refractivity contribution is 0.669.